The zero-order chi connectivity index (χ0) is 25.8. The molecule has 0 aliphatic rings. The van der Waals surface area contributed by atoms with Gasteiger partial charge in [-0.3, -0.25) is 9.78 Å². The van der Waals surface area contributed by atoms with Gasteiger partial charge in [-0.1, -0.05) is 17.7 Å². The molecule has 5 rings (SSSR count). The van der Waals surface area contributed by atoms with Crippen LogP contribution < -0.4 is 21.5 Å². The van der Waals surface area contributed by atoms with E-state index in [0.29, 0.717) is 34.8 Å². The highest BCUT2D eigenvalue weighted by Crippen LogP contribution is 2.30. The fourth-order valence-electron chi connectivity index (χ4n) is 3.85. The highest BCUT2D eigenvalue weighted by atomic mass is 35.5. The first-order valence-electron chi connectivity index (χ1n) is 11.6. The summed E-state index contributed by atoms with van der Waals surface area (Å²) in [7, 11) is 1.74. The maximum absolute atomic E-state index is 12.6. The summed E-state index contributed by atoms with van der Waals surface area (Å²) in [6.07, 6.45) is 8.43. The predicted molar refractivity (Wildman–Crippen MR) is 145 cm³/mol. The van der Waals surface area contributed by atoms with E-state index in [1.54, 1.807) is 54.7 Å². The average Bonchev–Trinajstić information content (AvgIpc) is 2.93. The molecule has 1 unspecified atom stereocenters. The van der Waals surface area contributed by atoms with E-state index in [2.05, 4.69) is 40.9 Å². The van der Waals surface area contributed by atoms with Gasteiger partial charge in [-0.2, -0.15) is 4.98 Å². The van der Waals surface area contributed by atoms with Gasteiger partial charge >= 0.3 is 0 Å². The van der Waals surface area contributed by atoms with Gasteiger partial charge in [0, 0.05) is 61.2 Å². The first-order valence-corrected chi connectivity index (χ1v) is 12.0. The van der Waals surface area contributed by atoms with Gasteiger partial charge < -0.3 is 20.5 Å². The van der Waals surface area contributed by atoms with Crippen molar-refractivity contribution in [1.29, 1.82) is 0 Å². The van der Waals surface area contributed by atoms with Gasteiger partial charge in [0.25, 0.3) is 5.56 Å². The Morgan fingerprint density at radius 1 is 1.03 bits per heavy atom. The Morgan fingerprint density at radius 2 is 1.86 bits per heavy atom. The number of aromatic nitrogens is 6. The third-order valence-corrected chi connectivity index (χ3v) is 6.05. The fraction of sp³-hybridized carbons (Fsp3) is 0.154. The molecule has 3 N–H and O–H groups in total. The second-order valence-electron chi connectivity index (χ2n) is 8.39. The number of hydrogen-bond acceptors (Lipinski definition) is 9. The minimum Gasteiger partial charge on any atom is -0.375 e. The van der Waals surface area contributed by atoms with Crippen molar-refractivity contribution in [2.24, 2.45) is 7.05 Å². The number of fused-ring (bicyclic) bond motifs is 1. The Balaban J connectivity index is 1.43. The molecule has 0 aliphatic heterocycles. The van der Waals surface area contributed by atoms with Crippen molar-refractivity contribution in [1.82, 2.24) is 29.5 Å². The van der Waals surface area contributed by atoms with E-state index in [1.165, 1.54) is 0 Å². The lowest BCUT2D eigenvalue weighted by atomic mass is 10.1. The van der Waals surface area contributed by atoms with Crippen LogP contribution in [0.1, 0.15) is 24.4 Å². The number of nitrogens with zero attached hydrogens (tertiary/aromatic N) is 6. The lowest BCUT2D eigenvalue weighted by Crippen LogP contribution is -2.19. The van der Waals surface area contributed by atoms with Crippen molar-refractivity contribution >= 4 is 45.6 Å². The largest absolute Gasteiger partial charge is 0.375 e. The molecule has 4 aromatic heterocycles. The van der Waals surface area contributed by atoms with Crippen LogP contribution in [0.3, 0.4) is 0 Å². The van der Waals surface area contributed by atoms with Crippen molar-refractivity contribution in [2.75, 3.05) is 16.0 Å². The second kappa shape index (κ2) is 10.6. The molecule has 0 aliphatic carbocycles. The molecule has 1 atom stereocenters. The van der Waals surface area contributed by atoms with E-state index in [4.69, 9.17) is 11.6 Å². The summed E-state index contributed by atoms with van der Waals surface area (Å²) in [4.78, 5) is 34.2. The molecular formula is C26H24ClN9O. The molecule has 0 saturated carbocycles. The summed E-state index contributed by atoms with van der Waals surface area (Å²) in [5.74, 6) is 1.51. The lowest BCUT2D eigenvalue weighted by Gasteiger charge is -2.18. The molecule has 0 amide bonds. The maximum Gasteiger partial charge on any atom is 0.252 e. The van der Waals surface area contributed by atoms with Crippen molar-refractivity contribution in [3.8, 4) is 0 Å². The van der Waals surface area contributed by atoms with E-state index in [0.717, 1.165) is 22.2 Å². The summed E-state index contributed by atoms with van der Waals surface area (Å²) in [6.45, 7) is 2.47. The van der Waals surface area contributed by atoms with Gasteiger partial charge in [0.15, 0.2) is 5.82 Å². The molecule has 0 radical (unpaired) electrons. The Labute approximate surface area is 217 Å². The number of benzene rings is 1. The molecule has 0 spiro atoms. The van der Waals surface area contributed by atoms with Crippen LogP contribution >= 0.6 is 11.6 Å². The maximum atomic E-state index is 12.6. The molecule has 4 heterocycles. The van der Waals surface area contributed by atoms with Gasteiger partial charge in [0.1, 0.15) is 10.8 Å². The number of aryl methyl sites for hydroxylation is 1. The fourth-order valence-corrected chi connectivity index (χ4v) is 3.99. The number of nitrogens with one attached hydrogen (secondary N) is 3. The number of rotatable bonds is 8. The van der Waals surface area contributed by atoms with Crippen LogP contribution in [-0.2, 0) is 13.6 Å². The normalized spacial score (nSPS) is 11.8. The molecule has 0 bridgehead atoms. The first kappa shape index (κ1) is 24.1. The van der Waals surface area contributed by atoms with Crippen LogP contribution in [0.15, 0.2) is 78.2 Å². The summed E-state index contributed by atoms with van der Waals surface area (Å²) in [6, 6.07) is 12.7. The van der Waals surface area contributed by atoms with Crippen LogP contribution in [0.4, 0.5) is 23.1 Å². The number of anilines is 4. The molecular weight excluding hydrogens is 490 g/mol. The van der Waals surface area contributed by atoms with E-state index in [1.807, 2.05) is 37.3 Å². The number of halogens is 1. The second-order valence-corrected chi connectivity index (χ2v) is 8.80. The minimum absolute atomic E-state index is 0.125. The Kier molecular flexibility index (Phi) is 6.91. The monoisotopic (exact) mass is 513 g/mol. The third-order valence-electron chi connectivity index (χ3n) is 5.77. The Hall–Kier alpha value is -4.57. The van der Waals surface area contributed by atoms with Crippen molar-refractivity contribution in [2.45, 2.75) is 19.5 Å². The summed E-state index contributed by atoms with van der Waals surface area (Å²) < 4.78 is 1.60. The lowest BCUT2D eigenvalue weighted by molar-refractivity contribution is 0.788. The summed E-state index contributed by atoms with van der Waals surface area (Å²) in [5, 5.41) is 11.1. The molecule has 1 aromatic carbocycles. The van der Waals surface area contributed by atoms with E-state index in [-0.39, 0.29) is 11.6 Å². The van der Waals surface area contributed by atoms with Crippen LogP contribution in [0.5, 0.6) is 0 Å². The van der Waals surface area contributed by atoms with Crippen molar-refractivity contribution < 1.29 is 0 Å². The SMILES string of the molecule is CC(Nc1cc(=O)n(C)c2ccc(Nc3nc(NCc4cccnc4)ncc3Cl)cc12)c1ncccn1. The Morgan fingerprint density at radius 3 is 2.65 bits per heavy atom. The third kappa shape index (κ3) is 5.49. The van der Waals surface area contributed by atoms with Crippen LogP contribution in [-0.4, -0.2) is 29.5 Å². The van der Waals surface area contributed by atoms with Crippen LogP contribution in [0.2, 0.25) is 5.02 Å². The van der Waals surface area contributed by atoms with Crippen LogP contribution in [0, 0.1) is 0 Å². The molecule has 37 heavy (non-hydrogen) atoms. The molecule has 0 saturated heterocycles. The summed E-state index contributed by atoms with van der Waals surface area (Å²) in [5.41, 5.74) is 3.08. The van der Waals surface area contributed by atoms with Crippen molar-refractivity contribution in [3.05, 3.63) is 100 Å². The quantitative estimate of drug-likeness (QED) is 0.271. The van der Waals surface area contributed by atoms with Gasteiger partial charge in [0.2, 0.25) is 5.95 Å². The molecule has 11 heteroatoms. The highest BCUT2D eigenvalue weighted by molar-refractivity contribution is 6.32. The van der Waals surface area contributed by atoms with Gasteiger partial charge in [-0.25, -0.2) is 15.0 Å². The zero-order valence-electron chi connectivity index (χ0n) is 20.2. The molecule has 5 aromatic rings. The smallest absolute Gasteiger partial charge is 0.252 e. The van der Waals surface area contributed by atoms with Crippen molar-refractivity contribution in [3.63, 3.8) is 0 Å². The van der Waals surface area contributed by atoms with E-state index >= 15 is 0 Å². The van der Waals surface area contributed by atoms with Gasteiger partial charge in [-0.15, -0.1) is 0 Å². The van der Waals surface area contributed by atoms with E-state index in [9.17, 15) is 4.79 Å². The molecule has 10 nitrogen and oxygen atoms in total. The summed E-state index contributed by atoms with van der Waals surface area (Å²) >= 11 is 6.40. The number of pyridine rings is 2. The molecule has 186 valence electrons. The topological polar surface area (TPSA) is 123 Å². The number of hydrogen-bond donors (Lipinski definition) is 3. The minimum atomic E-state index is -0.210. The Bertz CT molecular complexity index is 1590. The van der Waals surface area contributed by atoms with E-state index < -0.39 is 0 Å². The van der Waals surface area contributed by atoms with Gasteiger partial charge in [-0.05, 0) is 42.8 Å². The predicted octanol–water partition coefficient (Wildman–Crippen LogP) is 4.70. The zero-order valence-corrected chi connectivity index (χ0v) is 20.9. The average molecular weight is 514 g/mol. The molecule has 0 fully saturated rings. The first-order chi connectivity index (χ1) is 18.0. The van der Waals surface area contributed by atoms with Crippen LogP contribution in [0.25, 0.3) is 10.9 Å². The highest BCUT2D eigenvalue weighted by Gasteiger charge is 2.14. The van der Waals surface area contributed by atoms with Gasteiger partial charge in [0.05, 0.1) is 17.8 Å². The standard InChI is InChI=1S/C26H24ClN9O/c1-16(24-29-9-4-10-30-24)33-21-12-23(37)36(2)22-7-6-18(11-19(21)22)34-25-20(27)15-32-26(35-25)31-14-17-5-3-8-28-13-17/h3-13,15-16,33H,14H2,1-2H3,(H2,31,32,34,35).